The van der Waals surface area contributed by atoms with Crippen molar-refractivity contribution >= 4 is 26.0 Å². The van der Waals surface area contributed by atoms with Crippen LogP contribution in [0.2, 0.25) is 0 Å². The van der Waals surface area contributed by atoms with Crippen molar-refractivity contribution in [2.24, 2.45) is 5.92 Å². The van der Waals surface area contributed by atoms with Crippen molar-refractivity contribution in [1.29, 1.82) is 0 Å². The summed E-state index contributed by atoms with van der Waals surface area (Å²) in [6.07, 6.45) is 4.49. The van der Waals surface area contributed by atoms with Gasteiger partial charge in [0.15, 0.2) is 0 Å². The largest absolute Gasteiger partial charge is 0.215 e. The first-order valence-corrected chi connectivity index (χ1v) is 9.27. The molecule has 5 heteroatoms. The molecule has 0 radical (unpaired) electrons. The van der Waals surface area contributed by atoms with Crippen molar-refractivity contribution in [1.82, 2.24) is 4.72 Å². The molecule has 0 saturated heterocycles. The van der Waals surface area contributed by atoms with Crippen molar-refractivity contribution in [2.45, 2.75) is 36.3 Å². The molecule has 2 rings (SSSR count). The molecule has 1 aromatic carbocycles. The first kappa shape index (κ1) is 15.0. The highest BCUT2D eigenvalue weighted by Crippen LogP contribution is 2.28. The van der Waals surface area contributed by atoms with Gasteiger partial charge < -0.3 is 0 Å². The molecular formula is C14H20BrNO2S. The Morgan fingerprint density at radius 2 is 1.74 bits per heavy atom. The van der Waals surface area contributed by atoms with Crippen LogP contribution in [-0.4, -0.2) is 19.8 Å². The summed E-state index contributed by atoms with van der Waals surface area (Å²) in [5.41, 5.74) is 0.833. The first-order chi connectivity index (χ1) is 9.05. The van der Waals surface area contributed by atoms with Crippen LogP contribution < -0.4 is 4.72 Å². The van der Waals surface area contributed by atoms with Crippen LogP contribution in [0.3, 0.4) is 0 Å². The van der Waals surface area contributed by atoms with E-state index in [2.05, 4.69) is 20.7 Å². The zero-order valence-electron chi connectivity index (χ0n) is 10.9. The van der Waals surface area contributed by atoms with Gasteiger partial charge in [-0.3, -0.25) is 0 Å². The monoisotopic (exact) mass is 345 g/mol. The molecule has 0 heterocycles. The Labute approximate surface area is 124 Å². The van der Waals surface area contributed by atoms with E-state index in [1.54, 1.807) is 0 Å². The van der Waals surface area contributed by atoms with Gasteiger partial charge in [0.1, 0.15) is 0 Å². The number of sulfonamides is 1. The van der Waals surface area contributed by atoms with Crippen molar-refractivity contribution in [2.75, 3.05) is 6.54 Å². The van der Waals surface area contributed by atoms with E-state index in [1.165, 1.54) is 0 Å². The summed E-state index contributed by atoms with van der Waals surface area (Å²) < 4.78 is 26.7. The van der Waals surface area contributed by atoms with Crippen LogP contribution in [0.4, 0.5) is 0 Å². The van der Waals surface area contributed by atoms with Crippen LogP contribution in [0, 0.1) is 5.92 Å². The van der Waals surface area contributed by atoms with Gasteiger partial charge in [-0.15, -0.1) is 0 Å². The maximum Gasteiger partial charge on any atom is 0.215 e. The van der Waals surface area contributed by atoms with Gasteiger partial charge in [-0.1, -0.05) is 46.3 Å². The molecule has 3 nitrogen and oxygen atoms in total. The Balaban J connectivity index is 1.81. The summed E-state index contributed by atoms with van der Waals surface area (Å²) >= 11 is 3.61. The average Bonchev–Trinajstić information content (AvgIpc) is 2.39. The molecule has 0 aliphatic heterocycles. The van der Waals surface area contributed by atoms with Crippen LogP contribution >= 0.6 is 15.9 Å². The molecular weight excluding hydrogens is 326 g/mol. The third-order valence-electron chi connectivity index (χ3n) is 3.57. The fourth-order valence-electron chi connectivity index (χ4n) is 2.42. The van der Waals surface area contributed by atoms with Crippen molar-refractivity contribution in [3.8, 4) is 0 Å². The van der Waals surface area contributed by atoms with Crippen LogP contribution in [-0.2, 0) is 15.8 Å². The number of halogens is 1. The Bertz CT molecular complexity index is 481. The topological polar surface area (TPSA) is 46.2 Å². The zero-order valence-corrected chi connectivity index (χ0v) is 13.3. The van der Waals surface area contributed by atoms with E-state index in [4.69, 9.17) is 0 Å². The Morgan fingerprint density at radius 3 is 2.37 bits per heavy atom. The second-order valence-electron chi connectivity index (χ2n) is 5.21. The van der Waals surface area contributed by atoms with E-state index >= 15 is 0 Å². The molecule has 0 atom stereocenters. The maximum absolute atomic E-state index is 12.0. The molecule has 1 fully saturated rings. The van der Waals surface area contributed by atoms with Crippen LogP contribution in [0.25, 0.3) is 0 Å². The highest BCUT2D eigenvalue weighted by molar-refractivity contribution is 9.09. The van der Waals surface area contributed by atoms with Gasteiger partial charge in [0, 0.05) is 11.4 Å². The third kappa shape index (κ3) is 5.24. The minimum absolute atomic E-state index is 0.0711. The maximum atomic E-state index is 12.0. The van der Waals surface area contributed by atoms with Crippen molar-refractivity contribution < 1.29 is 8.42 Å². The Hall–Kier alpha value is -0.390. The van der Waals surface area contributed by atoms with E-state index in [0.717, 1.165) is 31.2 Å². The molecule has 0 unspecified atom stereocenters. The average molecular weight is 346 g/mol. The predicted molar refractivity (Wildman–Crippen MR) is 81.7 cm³/mol. The van der Waals surface area contributed by atoms with Crippen LogP contribution in [0.15, 0.2) is 30.3 Å². The molecule has 19 heavy (non-hydrogen) atoms. The molecule has 0 amide bonds. The quantitative estimate of drug-likeness (QED) is 0.833. The normalized spacial score (nSPS) is 24.3. The molecule has 1 saturated carbocycles. The van der Waals surface area contributed by atoms with Gasteiger partial charge in [-0.05, 0) is 37.2 Å². The highest BCUT2D eigenvalue weighted by Gasteiger charge is 2.21. The van der Waals surface area contributed by atoms with Crippen LogP contribution in [0.1, 0.15) is 31.2 Å². The number of alkyl halides is 1. The minimum atomic E-state index is -3.21. The van der Waals surface area contributed by atoms with Crippen molar-refractivity contribution in [3.63, 3.8) is 0 Å². The number of hydrogen-bond acceptors (Lipinski definition) is 2. The van der Waals surface area contributed by atoms with Gasteiger partial charge in [0.2, 0.25) is 10.0 Å². The second kappa shape index (κ2) is 6.86. The lowest BCUT2D eigenvalue weighted by Crippen LogP contribution is -2.32. The lowest BCUT2D eigenvalue weighted by Gasteiger charge is -2.25. The van der Waals surface area contributed by atoms with E-state index in [1.807, 2.05) is 30.3 Å². The summed E-state index contributed by atoms with van der Waals surface area (Å²) in [4.78, 5) is 0.615. The summed E-state index contributed by atoms with van der Waals surface area (Å²) in [5.74, 6) is 0.557. The number of nitrogens with one attached hydrogen (secondary N) is 1. The summed E-state index contributed by atoms with van der Waals surface area (Å²) in [5, 5.41) is 0. The van der Waals surface area contributed by atoms with Gasteiger partial charge in [0.25, 0.3) is 0 Å². The van der Waals surface area contributed by atoms with Crippen molar-refractivity contribution in [3.05, 3.63) is 35.9 Å². The number of benzene rings is 1. The number of hydrogen-bond donors (Lipinski definition) is 1. The van der Waals surface area contributed by atoms with E-state index < -0.39 is 10.0 Å². The van der Waals surface area contributed by atoms with E-state index in [-0.39, 0.29) is 5.75 Å². The Morgan fingerprint density at radius 1 is 1.11 bits per heavy atom. The van der Waals surface area contributed by atoms with Crippen LogP contribution in [0.5, 0.6) is 0 Å². The van der Waals surface area contributed by atoms with Gasteiger partial charge in [0.05, 0.1) is 5.75 Å². The molecule has 106 valence electrons. The SMILES string of the molecule is O=S(=O)(Cc1ccccc1)NCC1CCC(Br)CC1. The molecule has 1 aromatic rings. The third-order valence-corrected chi connectivity index (χ3v) is 5.80. The zero-order chi connectivity index (χ0) is 13.7. The molecule has 0 spiro atoms. The van der Waals surface area contributed by atoms with Gasteiger partial charge in [-0.2, -0.15) is 0 Å². The smallest absolute Gasteiger partial charge is 0.215 e. The summed E-state index contributed by atoms with van der Waals surface area (Å²) in [7, 11) is -3.21. The lowest BCUT2D eigenvalue weighted by molar-refractivity contribution is 0.366. The standard InChI is InChI=1S/C14H20BrNO2S/c15-14-8-6-12(7-9-14)10-16-19(17,18)11-13-4-2-1-3-5-13/h1-5,12,14,16H,6-11H2. The second-order valence-corrected chi connectivity index (χ2v) is 8.31. The molecule has 1 aliphatic carbocycles. The summed E-state index contributed by atoms with van der Waals surface area (Å²) in [6, 6.07) is 9.30. The Kier molecular flexibility index (Phi) is 5.42. The number of rotatable bonds is 5. The van der Waals surface area contributed by atoms with Gasteiger partial charge >= 0.3 is 0 Å². The predicted octanol–water partition coefficient (Wildman–Crippen LogP) is 3.06. The molecule has 1 aliphatic rings. The fraction of sp³-hybridized carbons (Fsp3) is 0.571. The summed E-state index contributed by atoms with van der Waals surface area (Å²) in [6.45, 7) is 0.578. The minimum Gasteiger partial charge on any atom is -0.215 e. The highest BCUT2D eigenvalue weighted by atomic mass is 79.9. The molecule has 0 aromatic heterocycles. The molecule has 1 N–H and O–H groups in total. The van der Waals surface area contributed by atoms with E-state index in [9.17, 15) is 8.42 Å². The van der Waals surface area contributed by atoms with E-state index in [0.29, 0.717) is 17.3 Å². The van der Waals surface area contributed by atoms with Gasteiger partial charge in [-0.25, -0.2) is 13.1 Å². The molecule has 0 bridgehead atoms. The fourth-order valence-corrected chi connectivity index (χ4v) is 4.17. The first-order valence-electron chi connectivity index (χ1n) is 6.70. The lowest BCUT2D eigenvalue weighted by atomic mass is 9.89.